The highest BCUT2D eigenvalue weighted by molar-refractivity contribution is 5.92. The van der Waals surface area contributed by atoms with Crippen molar-refractivity contribution >= 4 is 12.0 Å². The molecule has 0 spiro atoms. The Labute approximate surface area is 198 Å². The standard InChI is InChI=1S/C25H30F2N2O5/c1-3-32-23-18-19(4-10-22(23)34-25(26)27)5-11-24(30)29-14-12-28(13-15-29)16-17-33-21-8-6-20(31-2)7-9-21/h4-11,18,25H,3,12-17H2,1-2H3/b11-5+. The molecule has 2 aromatic rings. The van der Waals surface area contributed by atoms with Crippen LogP contribution in [0.2, 0.25) is 0 Å². The Morgan fingerprint density at radius 1 is 1.00 bits per heavy atom. The van der Waals surface area contributed by atoms with Gasteiger partial charge in [0.05, 0.1) is 13.7 Å². The molecule has 1 heterocycles. The second kappa shape index (κ2) is 12.8. The van der Waals surface area contributed by atoms with E-state index in [1.807, 2.05) is 24.3 Å². The summed E-state index contributed by atoms with van der Waals surface area (Å²) in [5.41, 5.74) is 0.660. The lowest BCUT2D eigenvalue weighted by molar-refractivity contribution is -0.127. The van der Waals surface area contributed by atoms with E-state index in [0.29, 0.717) is 31.9 Å². The van der Waals surface area contributed by atoms with Crippen molar-refractivity contribution in [3.05, 3.63) is 54.1 Å². The first-order valence-electron chi connectivity index (χ1n) is 11.2. The van der Waals surface area contributed by atoms with Gasteiger partial charge in [-0.2, -0.15) is 8.78 Å². The van der Waals surface area contributed by atoms with Gasteiger partial charge in [-0.05, 0) is 55.0 Å². The van der Waals surface area contributed by atoms with E-state index in [-0.39, 0.29) is 17.4 Å². The number of ether oxygens (including phenoxy) is 4. The van der Waals surface area contributed by atoms with Crippen molar-refractivity contribution < 1.29 is 32.5 Å². The zero-order chi connectivity index (χ0) is 24.3. The fourth-order valence-corrected chi connectivity index (χ4v) is 3.52. The van der Waals surface area contributed by atoms with Crippen LogP contribution in [-0.4, -0.2) is 75.4 Å². The van der Waals surface area contributed by atoms with Crippen LogP contribution in [0.3, 0.4) is 0 Å². The summed E-state index contributed by atoms with van der Waals surface area (Å²) in [5.74, 6) is 1.66. The number of methoxy groups -OCH3 is 1. The Morgan fingerprint density at radius 3 is 2.35 bits per heavy atom. The monoisotopic (exact) mass is 476 g/mol. The molecule has 1 amide bonds. The van der Waals surface area contributed by atoms with Crippen molar-refractivity contribution in [1.29, 1.82) is 0 Å². The quantitative estimate of drug-likeness (QED) is 0.458. The zero-order valence-corrected chi connectivity index (χ0v) is 19.4. The second-order valence-electron chi connectivity index (χ2n) is 7.54. The number of carbonyl (C=O) groups excluding carboxylic acids is 1. The number of rotatable bonds is 11. The molecule has 1 aliphatic rings. The molecule has 0 atom stereocenters. The van der Waals surface area contributed by atoms with Crippen LogP contribution < -0.4 is 18.9 Å². The number of benzene rings is 2. The number of hydrogen-bond donors (Lipinski definition) is 0. The van der Waals surface area contributed by atoms with Crippen molar-refractivity contribution in [2.75, 3.05) is 53.0 Å². The van der Waals surface area contributed by atoms with E-state index >= 15 is 0 Å². The number of halogens is 2. The van der Waals surface area contributed by atoms with E-state index in [1.165, 1.54) is 12.1 Å². The van der Waals surface area contributed by atoms with Crippen molar-refractivity contribution in [3.63, 3.8) is 0 Å². The van der Waals surface area contributed by atoms with Gasteiger partial charge < -0.3 is 23.8 Å². The Hall–Kier alpha value is -3.33. The van der Waals surface area contributed by atoms with E-state index in [9.17, 15) is 13.6 Å². The molecule has 0 bridgehead atoms. The minimum Gasteiger partial charge on any atom is -0.497 e. The third-order valence-corrected chi connectivity index (χ3v) is 5.32. The van der Waals surface area contributed by atoms with E-state index in [4.69, 9.17) is 14.2 Å². The number of alkyl halides is 2. The second-order valence-corrected chi connectivity index (χ2v) is 7.54. The first-order valence-corrected chi connectivity index (χ1v) is 11.2. The van der Waals surface area contributed by atoms with Crippen LogP contribution in [0, 0.1) is 0 Å². The summed E-state index contributed by atoms with van der Waals surface area (Å²) in [5, 5.41) is 0. The van der Waals surface area contributed by atoms with Crippen LogP contribution in [0.4, 0.5) is 8.78 Å². The van der Waals surface area contributed by atoms with E-state index in [1.54, 1.807) is 37.1 Å². The number of amides is 1. The maximum atomic E-state index is 12.6. The maximum absolute atomic E-state index is 12.6. The summed E-state index contributed by atoms with van der Waals surface area (Å²) in [6.45, 7) is 3.23. The zero-order valence-electron chi connectivity index (χ0n) is 19.4. The molecule has 1 saturated heterocycles. The highest BCUT2D eigenvalue weighted by Crippen LogP contribution is 2.30. The van der Waals surface area contributed by atoms with Crippen LogP contribution in [0.5, 0.6) is 23.0 Å². The van der Waals surface area contributed by atoms with E-state index < -0.39 is 6.61 Å². The minimum atomic E-state index is -2.94. The van der Waals surface area contributed by atoms with Crippen LogP contribution in [-0.2, 0) is 4.79 Å². The van der Waals surface area contributed by atoms with Crippen LogP contribution in [0.25, 0.3) is 6.08 Å². The molecule has 0 saturated carbocycles. The van der Waals surface area contributed by atoms with Gasteiger partial charge in [0.15, 0.2) is 11.5 Å². The van der Waals surface area contributed by atoms with Crippen molar-refractivity contribution in [2.45, 2.75) is 13.5 Å². The molecular weight excluding hydrogens is 446 g/mol. The van der Waals surface area contributed by atoms with Crippen LogP contribution >= 0.6 is 0 Å². The lowest BCUT2D eigenvalue weighted by Crippen LogP contribution is -2.49. The summed E-state index contributed by atoms with van der Waals surface area (Å²) in [7, 11) is 1.62. The van der Waals surface area contributed by atoms with Gasteiger partial charge in [0.1, 0.15) is 18.1 Å². The number of carbonyl (C=O) groups is 1. The molecule has 3 rings (SSSR count). The van der Waals surface area contributed by atoms with Gasteiger partial charge in [0.25, 0.3) is 0 Å². The van der Waals surface area contributed by atoms with Gasteiger partial charge in [0.2, 0.25) is 5.91 Å². The van der Waals surface area contributed by atoms with Gasteiger partial charge >= 0.3 is 6.61 Å². The SMILES string of the molecule is CCOc1cc(/C=C/C(=O)N2CCN(CCOc3ccc(OC)cc3)CC2)ccc1OC(F)F. The lowest BCUT2D eigenvalue weighted by atomic mass is 10.2. The molecule has 9 heteroatoms. The predicted octanol–water partition coefficient (Wildman–Crippen LogP) is 3.93. The van der Waals surface area contributed by atoms with Gasteiger partial charge in [0, 0.05) is 38.8 Å². The molecule has 7 nitrogen and oxygen atoms in total. The highest BCUT2D eigenvalue weighted by atomic mass is 19.3. The van der Waals surface area contributed by atoms with Gasteiger partial charge in [-0.1, -0.05) is 6.07 Å². The molecule has 184 valence electrons. The largest absolute Gasteiger partial charge is 0.497 e. The Kier molecular flexibility index (Phi) is 9.51. The average molecular weight is 477 g/mol. The summed E-state index contributed by atoms with van der Waals surface area (Å²) >= 11 is 0. The fourth-order valence-electron chi connectivity index (χ4n) is 3.52. The molecule has 34 heavy (non-hydrogen) atoms. The molecule has 2 aromatic carbocycles. The van der Waals surface area contributed by atoms with Crippen molar-refractivity contribution in [3.8, 4) is 23.0 Å². The molecule has 0 aromatic heterocycles. The van der Waals surface area contributed by atoms with Crippen LogP contribution in [0.1, 0.15) is 12.5 Å². The number of hydrogen-bond acceptors (Lipinski definition) is 6. The fraction of sp³-hybridized carbons (Fsp3) is 0.400. The van der Waals surface area contributed by atoms with E-state index in [2.05, 4.69) is 9.64 Å². The smallest absolute Gasteiger partial charge is 0.387 e. The Balaban J connectivity index is 1.44. The molecule has 0 aliphatic carbocycles. The first kappa shape index (κ1) is 25.3. The Morgan fingerprint density at radius 2 is 1.71 bits per heavy atom. The molecule has 1 aliphatic heterocycles. The average Bonchev–Trinajstić information content (AvgIpc) is 2.84. The first-order chi connectivity index (χ1) is 16.5. The normalized spacial score (nSPS) is 14.4. The van der Waals surface area contributed by atoms with Crippen LogP contribution in [0.15, 0.2) is 48.5 Å². The van der Waals surface area contributed by atoms with Gasteiger partial charge in [-0.15, -0.1) is 0 Å². The summed E-state index contributed by atoms with van der Waals surface area (Å²) in [6, 6.07) is 12.1. The van der Waals surface area contributed by atoms with Gasteiger partial charge in [-0.25, -0.2) is 0 Å². The lowest BCUT2D eigenvalue weighted by Gasteiger charge is -2.34. The highest BCUT2D eigenvalue weighted by Gasteiger charge is 2.19. The third-order valence-electron chi connectivity index (χ3n) is 5.32. The summed E-state index contributed by atoms with van der Waals surface area (Å²) < 4.78 is 45.8. The molecule has 1 fully saturated rings. The maximum Gasteiger partial charge on any atom is 0.387 e. The number of nitrogens with zero attached hydrogens (tertiary/aromatic N) is 2. The molecule has 0 N–H and O–H groups in total. The number of piperazine rings is 1. The minimum absolute atomic E-state index is 0.0348. The third kappa shape index (κ3) is 7.62. The van der Waals surface area contributed by atoms with Crippen molar-refractivity contribution in [2.24, 2.45) is 0 Å². The predicted molar refractivity (Wildman–Crippen MR) is 125 cm³/mol. The molecule has 0 radical (unpaired) electrons. The van der Waals surface area contributed by atoms with Gasteiger partial charge in [-0.3, -0.25) is 9.69 Å². The van der Waals surface area contributed by atoms with Crippen molar-refractivity contribution in [1.82, 2.24) is 9.80 Å². The molecular formula is C25H30F2N2O5. The summed E-state index contributed by atoms with van der Waals surface area (Å²) in [4.78, 5) is 16.6. The topological polar surface area (TPSA) is 60.5 Å². The van der Waals surface area contributed by atoms with E-state index in [0.717, 1.165) is 31.1 Å². The molecule has 0 unspecified atom stereocenters. The Bertz CT molecular complexity index is 945. The summed E-state index contributed by atoms with van der Waals surface area (Å²) in [6.07, 6.45) is 3.13.